The van der Waals surface area contributed by atoms with Gasteiger partial charge < -0.3 is 14.8 Å². The maximum absolute atomic E-state index is 11.5. The summed E-state index contributed by atoms with van der Waals surface area (Å²) in [5, 5.41) is 3.04. The van der Waals surface area contributed by atoms with E-state index in [2.05, 4.69) is 15.3 Å². The second-order valence-electron chi connectivity index (χ2n) is 4.10. The van der Waals surface area contributed by atoms with E-state index in [0.29, 0.717) is 24.9 Å². The van der Waals surface area contributed by atoms with Gasteiger partial charge in [0.25, 0.3) is 5.56 Å². The fourth-order valence-corrected chi connectivity index (χ4v) is 1.73. The predicted molar refractivity (Wildman–Crippen MR) is 76.5 cm³/mol. The summed E-state index contributed by atoms with van der Waals surface area (Å²) >= 11 is 0. The number of hydrogen-bond acceptors (Lipinski definition) is 5. The highest BCUT2D eigenvalue weighted by Gasteiger charge is 2.02. The first-order valence-electron chi connectivity index (χ1n) is 6.30. The number of aromatic nitrogens is 2. The summed E-state index contributed by atoms with van der Waals surface area (Å²) in [7, 11) is 1.56. The third-order valence-electron chi connectivity index (χ3n) is 2.51. The molecule has 1 heterocycles. The fourth-order valence-electron chi connectivity index (χ4n) is 1.73. The van der Waals surface area contributed by atoms with E-state index in [1.165, 1.54) is 6.07 Å². The highest BCUT2D eigenvalue weighted by atomic mass is 16.5. The van der Waals surface area contributed by atoms with E-state index in [1.807, 2.05) is 31.2 Å². The number of benzene rings is 1. The maximum atomic E-state index is 11.5. The summed E-state index contributed by atoms with van der Waals surface area (Å²) in [5.74, 6) is 1.18. The summed E-state index contributed by atoms with van der Waals surface area (Å²) in [6.07, 6.45) is 0. The fraction of sp³-hybridized carbons (Fsp3) is 0.286. The van der Waals surface area contributed by atoms with Crippen molar-refractivity contribution < 1.29 is 9.47 Å². The molecule has 0 saturated heterocycles. The molecule has 0 atom stereocenters. The topological polar surface area (TPSA) is 76.2 Å². The molecule has 6 heteroatoms. The van der Waals surface area contributed by atoms with Crippen molar-refractivity contribution in [1.29, 1.82) is 0 Å². The molecular weight excluding hydrogens is 258 g/mol. The Morgan fingerprint density at radius 3 is 2.70 bits per heavy atom. The van der Waals surface area contributed by atoms with E-state index in [9.17, 15) is 4.79 Å². The second kappa shape index (κ2) is 6.72. The van der Waals surface area contributed by atoms with Crippen molar-refractivity contribution in [3.63, 3.8) is 0 Å². The van der Waals surface area contributed by atoms with Gasteiger partial charge in [-0.15, -0.1) is 0 Å². The number of hydrogen-bond donors (Lipinski definition) is 2. The summed E-state index contributed by atoms with van der Waals surface area (Å²) < 4.78 is 10.3. The Bertz CT molecular complexity index is 608. The van der Waals surface area contributed by atoms with Gasteiger partial charge in [0.15, 0.2) is 0 Å². The highest BCUT2D eigenvalue weighted by Crippen LogP contribution is 2.17. The minimum Gasteiger partial charge on any atom is -0.494 e. The van der Waals surface area contributed by atoms with Crippen LogP contribution in [-0.4, -0.2) is 23.7 Å². The van der Waals surface area contributed by atoms with Gasteiger partial charge in [0.1, 0.15) is 5.75 Å². The van der Waals surface area contributed by atoms with Gasteiger partial charge in [0.05, 0.1) is 18.9 Å². The molecule has 0 aliphatic heterocycles. The predicted octanol–water partition coefficient (Wildman–Crippen LogP) is 2.06. The van der Waals surface area contributed by atoms with Crippen LogP contribution in [0.15, 0.2) is 35.1 Å². The minimum atomic E-state index is -0.222. The standard InChI is InChI=1S/C14H17N3O3/c1-3-20-12-6-4-10(5-7-12)15-14-16-11(9-19-2)8-13(18)17-14/h4-8H,3,9H2,1-2H3,(H2,15,16,17,18). The van der Waals surface area contributed by atoms with Gasteiger partial charge in [-0.05, 0) is 31.2 Å². The molecule has 0 amide bonds. The molecular formula is C14H17N3O3. The zero-order valence-corrected chi connectivity index (χ0v) is 11.5. The van der Waals surface area contributed by atoms with E-state index >= 15 is 0 Å². The lowest BCUT2D eigenvalue weighted by Gasteiger charge is -2.08. The third kappa shape index (κ3) is 3.83. The number of anilines is 2. The molecule has 20 heavy (non-hydrogen) atoms. The summed E-state index contributed by atoms with van der Waals surface area (Å²) in [6, 6.07) is 8.82. The number of nitrogens with one attached hydrogen (secondary N) is 2. The van der Waals surface area contributed by atoms with Gasteiger partial charge in [-0.2, -0.15) is 0 Å². The van der Waals surface area contributed by atoms with Crippen LogP contribution in [0.1, 0.15) is 12.6 Å². The van der Waals surface area contributed by atoms with E-state index in [1.54, 1.807) is 7.11 Å². The number of nitrogens with zero attached hydrogens (tertiary/aromatic N) is 1. The zero-order chi connectivity index (χ0) is 14.4. The molecule has 0 aliphatic rings. The zero-order valence-electron chi connectivity index (χ0n) is 11.5. The van der Waals surface area contributed by atoms with Crippen molar-refractivity contribution in [3.05, 3.63) is 46.4 Å². The Kier molecular flexibility index (Phi) is 4.73. The van der Waals surface area contributed by atoms with Crippen LogP contribution < -0.4 is 15.6 Å². The molecule has 6 nitrogen and oxygen atoms in total. The van der Waals surface area contributed by atoms with Crippen molar-refractivity contribution in [2.45, 2.75) is 13.5 Å². The SMILES string of the molecule is CCOc1ccc(Nc2nc(COC)cc(=O)[nH]2)cc1. The summed E-state index contributed by atoms with van der Waals surface area (Å²) in [6.45, 7) is 2.85. The average Bonchev–Trinajstić information content (AvgIpc) is 2.41. The smallest absolute Gasteiger partial charge is 0.252 e. The lowest BCUT2D eigenvalue weighted by atomic mass is 10.3. The largest absolute Gasteiger partial charge is 0.494 e. The molecule has 1 aromatic heterocycles. The van der Waals surface area contributed by atoms with Crippen LogP contribution in [0.2, 0.25) is 0 Å². The average molecular weight is 275 g/mol. The molecule has 0 unspecified atom stereocenters. The minimum absolute atomic E-state index is 0.222. The second-order valence-corrected chi connectivity index (χ2v) is 4.10. The van der Waals surface area contributed by atoms with E-state index in [0.717, 1.165) is 11.4 Å². The Morgan fingerprint density at radius 1 is 1.30 bits per heavy atom. The Morgan fingerprint density at radius 2 is 2.05 bits per heavy atom. The van der Waals surface area contributed by atoms with Gasteiger partial charge in [-0.25, -0.2) is 4.98 Å². The van der Waals surface area contributed by atoms with Crippen LogP contribution >= 0.6 is 0 Å². The van der Waals surface area contributed by atoms with E-state index in [4.69, 9.17) is 9.47 Å². The molecule has 0 aliphatic carbocycles. The van der Waals surface area contributed by atoms with Crippen LogP contribution in [0.5, 0.6) is 5.75 Å². The Labute approximate surface area is 116 Å². The van der Waals surface area contributed by atoms with Crippen LogP contribution in [0.3, 0.4) is 0 Å². The van der Waals surface area contributed by atoms with Crippen molar-refractivity contribution in [1.82, 2.24) is 9.97 Å². The van der Waals surface area contributed by atoms with Gasteiger partial charge in [0.2, 0.25) is 5.95 Å². The van der Waals surface area contributed by atoms with Crippen molar-refractivity contribution in [2.24, 2.45) is 0 Å². The van der Waals surface area contributed by atoms with Gasteiger partial charge >= 0.3 is 0 Å². The first-order valence-corrected chi connectivity index (χ1v) is 6.30. The van der Waals surface area contributed by atoms with Crippen LogP contribution in [0, 0.1) is 0 Å². The molecule has 0 saturated carbocycles. The first-order chi connectivity index (χ1) is 9.71. The van der Waals surface area contributed by atoms with Crippen LogP contribution in [0.25, 0.3) is 0 Å². The number of rotatable bonds is 6. The van der Waals surface area contributed by atoms with Crippen molar-refractivity contribution in [3.8, 4) is 5.75 Å². The monoisotopic (exact) mass is 275 g/mol. The Hall–Kier alpha value is -2.34. The van der Waals surface area contributed by atoms with E-state index < -0.39 is 0 Å². The number of H-pyrrole nitrogens is 1. The molecule has 0 spiro atoms. The number of methoxy groups -OCH3 is 1. The molecule has 2 aromatic rings. The van der Waals surface area contributed by atoms with Crippen molar-refractivity contribution in [2.75, 3.05) is 19.0 Å². The molecule has 2 N–H and O–H groups in total. The summed E-state index contributed by atoms with van der Waals surface area (Å²) in [5.41, 5.74) is 1.16. The quantitative estimate of drug-likeness (QED) is 0.844. The number of aromatic amines is 1. The lowest BCUT2D eigenvalue weighted by Crippen LogP contribution is -2.12. The van der Waals surface area contributed by atoms with Gasteiger partial charge in [-0.1, -0.05) is 0 Å². The van der Waals surface area contributed by atoms with Crippen LogP contribution in [-0.2, 0) is 11.3 Å². The molecule has 0 radical (unpaired) electrons. The van der Waals surface area contributed by atoms with Crippen molar-refractivity contribution >= 4 is 11.6 Å². The van der Waals surface area contributed by atoms with E-state index in [-0.39, 0.29) is 5.56 Å². The Balaban J connectivity index is 2.14. The third-order valence-corrected chi connectivity index (χ3v) is 2.51. The van der Waals surface area contributed by atoms with Gasteiger partial charge in [-0.3, -0.25) is 9.78 Å². The molecule has 0 bridgehead atoms. The molecule has 0 fully saturated rings. The normalized spacial score (nSPS) is 10.3. The molecule has 106 valence electrons. The molecule has 1 aromatic carbocycles. The highest BCUT2D eigenvalue weighted by molar-refractivity contribution is 5.54. The summed E-state index contributed by atoms with van der Waals surface area (Å²) in [4.78, 5) is 18.4. The van der Waals surface area contributed by atoms with Crippen LogP contribution in [0.4, 0.5) is 11.6 Å². The molecule has 2 rings (SSSR count). The lowest BCUT2D eigenvalue weighted by molar-refractivity contribution is 0.181. The van der Waals surface area contributed by atoms with Gasteiger partial charge in [0, 0.05) is 18.9 Å². The maximum Gasteiger partial charge on any atom is 0.252 e. The first kappa shape index (κ1) is 14.1. The number of ether oxygens (including phenoxy) is 2.